The Hall–Kier alpha value is -2.82. The molecule has 0 saturated heterocycles. The molecular weight excluding hydrogens is 268 g/mol. The molecule has 0 bridgehead atoms. The lowest BCUT2D eigenvalue weighted by Gasteiger charge is -2.04. The number of aromatic nitrogens is 2. The number of aromatic amines is 2. The van der Waals surface area contributed by atoms with Gasteiger partial charge in [-0.2, -0.15) is 0 Å². The van der Waals surface area contributed by atoms with Crippen molar-refractivity contribution in [3.05, 3.63) is 64.1 Å². The first-order chi connectivity index (χ1) is 10.2. The summed E-state index contributed by atoms with van der Waals surface area (Å²) < 4.78 is 5.15. The fourth-order valence-corrected chi connectivity index (χ4v) is 2.28. The normalized spacial score (nSPS) is 10.7. The summed E-state index contributed by atoms with van der Waals surface area (Å²) in [6.45, 7) is 0. The smallest absolute Gasteiger partial charge is 0.323 e. The van der Waals surface area contributed by atoms with E-state index in [-0.39, 0.29) is 17.9 Å². The third kappa shape index (κ3) is 2.72. The van der Waals surface area contributed by atoms with Crippen molar-refractivity contribution in [2.24, 2.45) is 0 Å². The molecule has 0 aliphatic rings. The Morgan fingerprint density at radius 3 is 2.71 bits per heavy atom. The zero-order valence-corrected chi connectivity index (χ0v) is 11.5. The first-order valence-corrected chi connectivity index (χ1v) is 6.54. The molecule has 0 aliphatic heterocycles. The minimum absolute atomic E-state index is 0.00722. The minimum Gasteiger partial charge on any atom is -0.497 e. The van der Waals surface area contributed by atoms with Gasteiger partial charge in [0.15, 0.2) is 5.78 Å². The van der Waals surface area contributed by atoms with Crippen LogP contribution in [0.4, 0.5) is 0 Å². The summed E-state index contributed by atoms with van der Waals surface area (Å²) in [6.07, 6.45) is 0.289. The Labute approximate surface area is 120 Å². The summed E-state index contributed by atoms with van der Waals surface area (Å²) in [4.78, 5) is 28.8. The molecule has 3 aromatic rings. The molecule has 5 nitrogen and oxygen atoms in total. The van der Waals surface area contributed by atoms with Crippen LogP contribution in [0.3, 0.4) is 0 Å². The molecule has 0 atom stereocenters. The van der Waals surface area contributed by atoms with Crippen LogP contribution in [-0.4, -0.2) is 22.9 Å². The average molecular weight is 282 g/mol. The summed E-state index contributed by atoms with van der Waals surface area (Å²) in [5, 5.41) is 0. The maximum atomic E-state index is 12.3. The first-order valence-electron chi connectivity index (χ1n) is 6.54. The number of carbonyl (C=O) groups is 1. The number of ether oxygens (including phenoxy) is 1. The van der Waals surface area contributed by atoms with Crippen LogP contribution in [0.1, 0.15) is 15.9 Å². The van der Waals surface area contributed by atoms with Crippen molar-refractivity contribution in [1.29, 1.82) is 0 Å². The van der Waals surface area contributed by atoms with Crippen LogP contribution >= 0.6 is 0 Å². The zero-order valence-electron chi connectivity index (χ0n) is 11.5. The van der Waals surface area contributed by atoms with E-state index in [4.69, 9.17) is 4.74 Å². The number of ketones is 1. The summed E-state index contributed by atoms with van der Waals surface area (Å²) >= 11 is 0. The van der Waals surface area contributed by atoms with E-state index in [1.54, 1.807) is 25.3 Å². The van der Waals surface area contributed by atoms with Gasteiger partial charge in [-0.1, -0.05) is 12.1 Å². The van der Waals surface area contributed by atoms with Gasteiger partial charge < -0.3 is 14.7 Å². The molecule has 0 fully saturated rings. The number of rotatable bonds is 4. The topological polar surface area (TPSA) is 75.0 Å². The van der Waals surface area contributed by atoms with Crippen molar-refractivity contribution >= 4 is 16.8 Å². The lowest BCUT2D eigenvalue weighted by Crippen LogP contribution is -2.03. The summed E-state index contributed by atoms with van der Waals surface area (Å²) in [6, 6.07) is 12.6. The molecule has 0 aliphatic carbocycles. The van der Waals surface area contributed by atoms with Gasteiger partial charge in [-0.05, 0) is 35.9 Å². The number of hydrogen-bond donors (Lipinski definition) is 2. The molecule has 106 valence electrons. The van der Waals surface area contributed by atoms with Crippen molar-refractivity contribution < 1.29 is 9.53 Å². The molecule has 0 unspecified atom stereocenters. The fourth-order valence-electron chi connectivity index (χ4n) is 2.28. The van der Waals surface area contributed by atoms with E-state index in [2.05, 4.69) is 9.97 Å². The summed E-state index contributed by atoms with van der Waals surface area (Å²) in [5.74, 6) is 0.720. The number of H-pyrrole nitrogens is 2. The predicted octanol–water partition coefficient (Wildman–Crippen LogP) is 2.29. The van der Waals surface area contributed by atoms with Gasteiger partial charge in [0.1, 0.15) is 5.75 Å². The average Bonchev–Trinajstić information content (AvgIpc) is 2.86. The number of fused-ring (bicyclic) bond motifs is 1. The highest BCUT2D eigenvalue weighted by Crippen LogP contribution is 2.16. The molecule has 3 rings (SSSR count). The van der Waals surface area contributed by atoms with E-state index in [1.165, 1.54) is 0 Å². The van der Waals surface area contributed by atoms with Crippen LogP contribution in [0.2, 0.25) is 0 Å². The maximum Gasteiger partial charge on any atom is 0.323 e. The van der Waals surface area contributed by atoms with Gasteiger partial charge in [0.05, 0.1) is 18.1 Å². The Balaban J connectivity index is 1.87. The Morgan fingerprint density at radius 1 is 1.10 bits per heavy atom. The molecule has 0 radical (unpaired) electrons. The predicted molar refractivity (Wildman–Crippen MR) is 79.9 cm³/mol. The lowest BCUT2D eigenvalue weighted by atomic mass is 10.0. The highest BCUT2D eigenvalue weighted by Gasteiger charge is 2.09. The summed E-state index contributed by atoms with van der Waals surface area (Å²) in [5.41, 5.74) is 2.51. The van der Waals surface area contributed by atoms with Crippen LogP contribution in [0, 0.1) is 0 Å². The van der Waals surface area contributed by atoms with Crippen molar-refractivity contribution in [2.75, 3.05) is 7.11 Å². The lowest BCUT2D eigenvalue weighted by molar-refractivity contribution is 0.0993. The van der Waals surface area contributed by atoms with Crippen LogP contribution in [0.5, 0.6) is 5.75 Å². The number of benzene rings is 2. The van der Waals surface area contributed by atoms with Crippen molar-refractivity contribution in [2.45, 2.75) is 6.42 Å². The van der Waals surface area contributed by atoms with E-state index < -0.39 is 0 Å². The zero-order chi connectivity index (χ0) is 14.8. The van der Waals surface area contributed by atoms with E-state index >= 15 is 0 Å². The van der Waals surface area contributed by atoms with Crippen LogP contribution < -0.4 is 10.4 Å². The molecule has 0 saturated carbocycles. The number of imidazole rings is 1. The van der Waals surface area contributed by atoms with Gasteiger partial charge in [-0.25, -0.2) is 4.79 Å². The van der Waals surface area contributed by atoms with Crippen molar-refractivity contribution in [3.8, 4) is 5.75 Å². The number of nitrogens with one attached hydrogen (secondary N) is 2. The fraction of sp³-hybridized carbons (Fsp3) is 0.125. The molecule has 2 aromatic carbocycles. The molecule has 2 N–H and O–H groups in total. The van der Waals surface area contributed by atoms with Crippen molar-refractivity contribution in [3.63, 3.8) is 0 Å². The third-order valence-corrected chi connectivity index (χ3v) is 3.34. The van der Waals surface area contributed by atoms with Gasteiger partial charge in [0.2, 0.25) is 0 Å². The minimum atomic E-state index is -0.276. The van der Waals surface area contributed by atoms with Gasteiger partial charge in [0, 0.05) is 12.0 Å². The second kappa shape index (κ2) is 5.28. The van der Waals surface area contributed by atoms with E-state index in [9.17, 15) is 9.59 Å². The highest BCUT2D eigenvalue weighted by atomic mass is 16.5. The van der Waals surface area contributed by atoms with E-state index in [0.29, 0.717) is 16.6 Å². The first kappa shape index (κ1) is 13.2. The van der Waals surface area contributed by atoms with Crippen LogP contribution in [0.15, 0.2) is 47.3 Å². The van der Waals surface area contributed by atoms with Gasteiger partial charge in [0.25, 0.3) is 0 Å². The highest BCUT2D eigenvalue weighted by molar-refractivity contribution is 6.00. The SMILES string of the molecule is COc1cccc(CC(=O)c2ccc3[nH]c(=O)[nH]c3c2)c1. The Morgan fingerprint density at radius 2 is 1.90 bits per heavy atom. The number of carbonyl (C=O) groups excluding carboxylic acids is 1. The van der Waals surface area contributed by atoms with Crippen LogP contribution in [-0.2, 0) is 6.42 Å². The molecule has 1 aromatic heterocycles. The van der Waals surface area contributed by atoms with Gasteiger partial charge >= 0.3 is 5.69 Å². The largest absolute Gasteiger partial charge is 0.497 e. The van der Waals surface area contributed by atoms with E-state index in [0.717, 1.165) is 11.3 Å². The molecule has 0 amide bonds. The van der Waals surface area contributed by atoms with Crippen LogP contribution in [0.25, 0.3) is 11.0 Å². The third-order valence-electron chi connectivity index (χ3n) is 3.34. The van der Waals surface area contributed by atoms with Gasteiger partial charge in [-0.3, -0.25) is 4.79 Å². The quantitative estimate of drug-likeness (QED) is 0.721. The monoisotopic (exact) mass is 282 g/mol. The molecule has 5 heteroatoms. The second-order valence-corrected chi connectivity index (χ2v) is 4.79. The number of methoxy groups -OCH3 is 1. The van der Waals surface area contributed by atoms with E-state index in [1.807, 2.05) is 24.3 Å². The Bertz CT molecular complexity index is 861. The maximum absolute atomic E-state index is 12.3. The second-order valence-electron chi connectivity index (χ2n) is 4.79. The molecule has 0 spiro atoms. The molecule has 1 heterocycles. The van der Waals surface area contributed by atoms with Crippen molar-refractivity contribution in [1.82, 2.24) is 9.97 Å². The Kier molecular flexibility index (Phi) is 3.31. The molecular formula is C16H14N2O3. The summed E-state index contributed by atoms with van der Waals surface area (Å²) in [7, 11) is 1.59. The standard InChI is InChI=1S/C16H14N2O3/c1-21-12-4-2-3-10(7-12)8-15(19)11-5-6-13-14(9-11)18-16(20)17-13/h2-7,9H,8H2,1H3,(H2,17,18,20). The van der Waals surface area contributed by atoms with Gasteiger partial charge in [-0.15, -0.1) is 0 Å². The number of hydrogen-bond acceptors (Lipinski definition) is 3. The molecule has 21 heavy (non-hydrogen) atoms. The number of Topliss-reactive ketones (excluding diaryl/α,β-unsaturated/α-hetero) is 1.